The smallest absolute Gasteiger partial charge is 0.303 e. The zero-order valence-corrected chi connectivity index (χ0v) is 15.6. The van der Waals surface area contributed by atoms with E-state index in [1.807, 2.05) is 54.6 Å². The molecule has 0 saturated heterocycles. The van der Waals surface area contributed by atoms with Crippen molar-refractivity contribution in [2.24, 2.45) is 0 Å². The highest BCUT2D eigenvalue weighted by Crippen LogP contribution is 2.20. The van der Waals surface area contributed by atoms with Crippen molar-refractivity contribution in [3.8, 4) is 28.7 Å². The fraction of sp³-hybridized carbons (Fsp3) is 0.125. The lowest BCUT2D eigenvalue weighted by Crippen LogP contribution is -2.32. The molecule has 0 spiro atoms. The predicted molar refractivity (Wildman–Crippen MR) is 111 cm³/mol. The lowest BCUT2D eigenvalue weighted by molar-refractivity contribution is -0.113. The Balaban J connectivity index is 1.76. The summed E-state index contributed by atoms with van der Waals surface area (Å²) in [7, 11) is 1.58. The molecule has 3 rings (SSSR count). The van der Waals surface area contributed by atoms with Crippen LogP contribution in [0.25, 0.3) is 11.1 Å². The van der Waals surface area contributed by atoms with Crippen LogP contribution < -0.4 is 9.64 Å². The summed E-state index contributed by atoms with van der Waals surface area (Å²) in [6.07, 6.45) is 0. The number of hydrogen-bond donors (Lipinski definition) is 1. The summed E-state index contributed by atoms with van der Waals surface area (Å²) in [5.74, 6) is 5.90. The first-order valence-electron chi connectivity index (χ1n) is 8.95. The highest BCUT2D eigenvalue weighted by atomic mass is 16.5. The number of carbonyl (C=O) groups is 1. The Morgan fingerprint density at radius 3 is 2.18 bits per heavy atom. The van der Waals surface area contributed by atoms with Gasteiger partial charge in [0.2, 0.25) is 0 Å². The van der Waals surface area contributed by atoms with Crippen LogP contribution in [0.3, 0.4) is 0 Å². The topological polar surface area (TPSA) is 49.8 Å². The second-order valence-electron chi connectivity index (χ2n) is 6.07. The number of anilines is 1. The van der Waals surface area contributed by atoms with E-state index in [4.69, 9.17) is 4.74 Å². The number of amides is 1. The second kappa shape index (κ2) is 9.40. The summed E-state index contributed by atoms with van der Waals surface area (Å²) < 4.78 is 5.14. The Kier molecular flexibility index (Phi) is 6.46. The molecule has 140 valence electrons. The molecule has 0 aliphatic carbocycles. The van der Waals surface area contributed by atoms with Crippen molar-refractivity contribution in [1.82, 2.24) is 0 Å². The molecular weight excluding hydrogens is 350 g/mol. The third-order valence-corrected chi connectivity index (χ3v) is 4.26. The van der Waals surface area contributed by atoms with Gasteiger partial charge < -0.3 is 9.84 Å². The van der Waals surface area contributed by atoms with E-state index in [-0.39, 0.29) is 19.1 Å². The van der Waals surface area contributed by atoms with Gasteiger partial charge in [-0.2, -0.15) is 0 Å². The van der Waals surface area contributed by atoms with Gasteiger partial charge in [0.1, 0.15) is 5.75 Å². The molecule has 1 amide bonds. The molecule has 0 atom stereocenters. The van der Waals surface area contributed by atoms with Gasteiger partial charge in [-0.1, -0.05) is 48.4 Å². The molecule has 1 N–H and O–H groups in total. The fourth-order valence-electron chi connectivity index (χ4n) is 2.78. The predicted octanol–water partition coefficient (Wildman–Crippen LogP) is 3.74. The quantitative estimate of drug-likeness (QED) is 0.695. The van der Waals surface area contributed by atoms with Crippen LogP contribution in [0, 0.1) is 11.8 Å². The maximum Gasteiger partial charge on any atom is 0.303 e. The van der Waals surface area contributed by atoms with E-state index in [1.165, 1.54) is 4.90 Å². The minimum Gasteiger partial charge on any atom is -0.497 e. The van der Waals surface area contributed by atoms with Crippen molar-refractivity contribution in [2.45, 2.75) is 0 Å². The van der Waals surface area contributed by atoms with Gasteiger partial charge in [0.05, 0.1) is 13.7 Å². The van der Waals surface area contributed by atoms with Crippen LogP contribution in [0.4, 0.5) is 5.69 Å². The van der Waals surface area contributed by atoms with Crippen molar-refractivity contribution < 1.29 is 14.6 Å². The normalized spacial score (nSPS) is 9.93. The zero-order chi connectivity index (χ0) is 19.8. The third kappa shape index (κ3) is 4.79. The van der Waals surface area contributed by atoms with Crippen molar-refractivity contribution >= 4 is 11.6 Å². The Hall–Kier alpha value is -3.55. The Morgan fingerprint density at radius 2 is 1.57 bits per heavy atom. The number of rotatable bonds is 5. The molecule has 3 aromatic carbocycles. The van der Waals surface area contributed by atoms with Crippen LogP contribution in [-0.2, 0) is 4.79 Å². The molecule has 0 radical (unpaired) electrons. The van der Waals surface area contributed by atoms with Crippen molar-refractivity contribution in [3.05, 3.63) is 84.4 Å². The average molecular weight is 371 g/mol. The molecule has 0 fully saturated rings. The molecule has 0 aliphatic heterocycles. The van der Waals surface area contributed by atoms with Crippen LogP contribution in [0.15, 0.2) is 78.9 Å². The maximum absolute atomic E-state index is 12.6. The molecule has 4 heteroatoms. The summed E-state index contributed by atoms with van der Waals surface area (Å²) in [5, 5.41) is 9.30. The number of nitrogens with zero attached hydrogens (tertiary/aromatic N) is 1. The van der Waals surface area contributed by atoms with Gasteiger partial charge in [0.15, 0.2) is 0 Å². The van der Waals surface area contributed by atoms with Crippen LogP contribution in [-0.4, -0.2) is 31.3 Å². The lowest BCUT2D eigenvalue weighted by atomic mass is 10.0. The highest BCUT2D eigenvalue weighted by Gasteiger charge is 2.13. The standard InChI is InChI=1S/C24H21NO3/c1-28-23-14-12-22(13-15-23)25(17-18-26)24(27)16-9-19-7-10-21(11-8-19)20-5-3-2-4-6-20/h2-8,10-15,26H,17-18H2,1H3. The average Bonchev–Trinajstić information content (AvgIpc) is 2.77. The molecule has 0 bridgehead atoms. The molecule has 4 nitrogen and oxygen atoms in total. The number of aliphatic hydroxyl groups is 1. The van der Waals surface area contributed by atoms with E-state index in [2.05, 4.69) is 11.8 Å². The number of methoxy groups -OCH3 is 1. The van der Waals surface area contributed by atoms with Crippen molar-refractivity contribution in [2.75, 3.05) is 25.2 Å². The minimum atomic E-state index is -0.369. The molecular formula is C24H21NO3. The zero-order valence-electron chi connectivity index (χ0n) is 15.6. The highest BCUT2D eigenvalue weighted by molar-refractivity contribution is 6.06. The number of benzene rings is 3. The fourth-order valence-corrected chi connectivity index (χ4v) is 2.78. The molecule has 0 saturated carbocycles. The van der Waals surface area contributed by atoms with Crippen LogP contribution >= 0.6 is 0 Å². The Morgan fingerprint density at radius 1 is 0.929 bits per heavy atom. The number of aliphatic hydroxyl groups excluding tert-OH is 1. The number of ether oxygens (including phenoxy) is 1. The van der Waals surface area contributed by atoms with E-state index in [1.54, 1.807) is 31.4 Å². The molecule has 0 unspecified atom stereocenters. The van der Waals surface area contributed by atoms with Crippen LogP contribution in [0.5, 0.6) is 5.75 Å². The second-order valence-corrected chi connectivity index (χ2v) is 6.07. The maximum atomic E-state index is 12.6. The van der Waals surface area contributed by atoms with E-state index in [0.29, 0.717) is 11.4 Å². The number of carbonyl (C=O) groups excluding carboxylic acids is 1. The van der Waals surface area contributed by atoms with Gasteiger partial charge in [-0.25, -0.2) is 0 Å². The van der Waals surface area contributed by atoms with Gasteiger partial charge in [-0.3, -0.25) is 9.69 Å². The van der Waals surface area contributed by atoms with Gasteiger partial charge in [0, 0.05) is 23.7 Å². The molecule has 3 aromatic rings. The van der Waals surface area contributed by atoms with Crippen LogP contribution in [0.1, 0.15) is 5.56 Å². The Bertz CT molecular complexity index is 968. The molecule has 0 heterocycles. The van der Waals surface area contributed by atoms with E-state index < -0.39 is 0 Å². The molecule has 28 heavy (non-hydrogen) atoms. The van der Waals surface area contributed by atoms with E-state index >= 15 is 0 Å². The van der Waals surface area contributed by atoms with Gasteiger partial charge in [-0.05, 0) is 47.5 Å². The van der Waals surface area contributed by atoms with Crippen molar-refractivity contribution in [3.63, 3.8) is 0 Å². The largest absolute Gasteiger partial charge is 0.497 e. The third-order valence-electron chi connectivity index (χ3n) is 4.26. The molecule has 0 aromatic heterocycles. The number of hydrogen-bond acceptors (Lipinski definition) is 3. The summed E-state index contributed by atoms with van der Waals surface area (Å²) in [5.41, 5.74) is 3.64. The SMILES string of the molecule is COc1ccc(N(CCO)C(=O)C#Cc2ccc(-c3ccccc3)cc2)cc1. The van der Waals surface area contributed by atoms with E-state index in [0.717, 1.165) is 16.7 Å². The first-order valence-corrected chi connectivity index (χ1v) is 8.95. The molecule has 0 aliphatic rings. The van der Waals surface area contributed by atoms with Gasteiger partial charge in [0.25, 0.3) is 0 Å². The van der Waals surface area contributed by atoms with Gasteiger partial charge >= 0.3 is 5.91 Å². The summed E-state index contributed by atoms with van der Waals surface area (Å²) >= 11 is 0. The first kappa shape index (κ1) is 19.2. The monoisotopic (exact) mass is 371 g/mol. The lowest BCUT2D eigenvalue weighted by Gasteiger charge is -2.19. The first-order chi connectivity index (χ1) is 13.7. The van der Waals surface area contributed by atoms with Crippen molar-refractivity contribution in [1.29, 1.82) is 0 Å². The summed E-state index contributed by atoms with van der Waals surface area (Å²) in [6.45, 7) is 0.0258. The van der Waals surface area contributed by atoms with Gasteiger partial charge in [-0.15, -0.1) is 0 Å². The van der Waals surface area contributed by atoms with Crippen LogP contribution in [0.2, 0.25) is 0 Å². The Labute approximate surface area is 165 Å². The van der Waals surface area contributed by atoms with E-state index in [9.17, 15) is 9.90 Å². The summed E-state index contributed by atoms with van der Waals surface area (Å²) in [4.78, 5) is 14.0. The minimum absolute atomic E-state index is 0.148. The summed E-state index contributed by atoms with van der Waals surface area (Å²) in [6, 6.07) is 24.9.